The first-order valence-electron chi connectivity index (χ1n) is 10.2. The zero-order valence-corrected chi connectivity index (χ0v) is 18.2. The number of nitrogens with two attached hydrogens (primary N) is 2. The highest BCUT2D eigenvalue weighted by atomic mass is 32.2. The number of hydrogen-bond acceptors (Lipinski definition) is 6. The first kappa shape index (κ1) is 20.8. The maximum atomic E-state index is 6.36. The lowest BCUT2D eigenvalue weighted by molar-refractivity contribution is 0.849. The van der Waals surface area contributed by atoms with Gasteiger partial charge in [0.25, 0.3) is 0 Å². The summed E-state index contributed by atoms with van der Waals surface area (Å²) < 4.78 is 0. The lowest BCUT2D eigenvalue weighted by atomic mass is 10.1. The van der Waals surface area contributed by atoms with Crippen molar-refractivity contribution in [3.63, 3.8) is 0 Å². The summed E-state index contributed by atoms with van der Waals surface area (Å²) in [6.45, 7) is 2.78. The smallest absolute Gasteiger partial charge is 0.0965 e. The van der Waals surface area contributed by atoms with Crippen LogP contribution in [0.1, 0.15) is 30.2 Å². The molecule has 6 heteroatoms. The number of rotatable bonds is 6. The van der Waals surface area contributed by atoms with Gasteiger partial charge < -0.3 is 16.8 Å². The van der Waals surface area contributed by atoms with Crippen LogP contribution < -0.4 is 16.8 Å². The summed E-state index contributed by atoms with van der Waals surface area (Å²) in [7, 11) is 0. The molecule has 0 bridgehead atoms. The van der Waals surface area contributed by atoms with Crippen molar-refractivity contribution in [3.8, 4) is 0 Å². The molecule has 0 fully saturated rings. The molecule has 0 amide bonds. The fraction of sp³-hybridized carbons (Fsp3) is 0.120. The number of pyridine rings is 1. The molecule has 0 radical (unpaired) electrons. The van der Waals surface area contributed by atoms with Gasteiger partial charge in [-0.3, -0.25) is 4.98 Å². The Bertz CT molecular complexity index is 1150. The standard InChI is InChI=1S/C25H25N5S/c1-2-8-20(29-16-19-11-6-7-14-28-19)18-12-13-22-21(15-18)30-24(23(26)25(27)31-22)17-9-4-3-5-10-17/h3-15,29H,2,16,26-27H2,1H3/b20-8-. The zero-order chi connectivity index (χ0) is 21.6. The van der Waals surface area contributed by atoms with Crippen LogP contribution in [-0.2, 0) is 6.54 Å². The molecular weight excluding hydrogens is 402 g/mol. The van der Waals surface area contributed by atoms with E-state index >= 15 is 0 Å². The lowest BCUT2D eigenvalue weighted by Gasteiger charge is -2.13. The predicted molar refractivity (Wildman–Crippen MR) is 130 cm³/mol. The normalized spacial score (nSPS) is 14.0. The van der Waals surface area contributed by atoms with E-state index in [0.29, 0.717) is 23.0 Å². The Labute approximate surface area is 187 Å². The molecule has 0 saturated heterocycles. The Morgan fingerprint density at radius 1 is 1.03 bits per heavy atom. The van der Waals surface area contributed by atoms with Crippen molar-refractivity contribution in [2.24, 2.45) is 16.5 Å². The topological polar surface area (TPSA) is 89.3 Å². The van der Waals surface area contributed by atoms with Gasteiger partial charge in [-0.05, 0) is 36.2 Å². The van der Waals surface area contributed by atoms with Crippen LogP contribution >= 0.6 is 11.8 Å². The fourth-order valence-corrected chi connectivity index (χ4v) is 4.12. The molecule has 3 aromatic rings. The van der Waals surface area contributed by atoms with Crippen molar-refractivity contribution >= 4 is 28.9 Å². The molecule has 5 nitrogen and oxygen atoms in total. The summed E-state index contributed by atoms with van der Waals surface area (Å²) >= 11 is 1.45. The van der Waals surface area contributed by atoms with Crippen molar-refractivity contribution in [1.82, 2.24) is 10.3 Å². The number of aromatic nitrogens is 1. The second kappa shape index (κ2) is 9.53. The van der Waals surface area contributed by atoms with Gasteiger partial charge in [0.1, 0.15) is 0 Å². The molecule has 1 aliphatic heterocycles. The van der Waals surface area contributed by atoms with E-state index in [0.717, 1.165) is 39.5 Å². The molecule has 4 rings (SSSR count). The van der Waals surface area contributed by atoms with E-state index in [4.69, 9.17) is 16.5 Å². The molecule has 0 saturated carbocycles. The van der Waals surface area contributed by atoms with Gasteiger partial charge in [0, 0.05) is 22.4 Å². The van der Waals surface area contributed by atoms with Gasteiger partial charge >= 0.3 is 0 Å². The summed E-state index contributed by atoms with van der Waals surface area (Å²) in [5, 5.41) is 4.08. The maximum absolute atomic E-state index is 6.36. The molecule has 0 spiro atoms. The van der Waals surface area contributed by atoms with E-state index < -0.39 is 0 Å². The molecule has 1 aliphatic rings. The van der Waals surface area contributed by atoms with E-state index in [1.54, 1.807) is 0 Å². The molecule has 1 aromatic heterocycles. The van der Waals surface area contributed by atoms with Gasteiger partial charge in [0.2, 0.25) is 0 Å². The van der Waals surface area contributed by atoms with Gasteiger partial charge in [-0.2, -0.15) is 0 Å². The summed E-state index contributed by atoms with van der Waals surface area (Å²) in [5.41, 5.74) is 18.8. The Morgan fingerprint density at radius 3 is 2.58 bits per heavy atom. The van der Waals surface area contributed by atoms with Crippen molar-refractivity contribution in [2.75, 3.05) is 0 Å². The number of benzene rings is 2. The third-order valence-corrected chi connectivity index (χ3v) is 5.89. The predicted octanol–water partition coefficient (Wildman–Crippen LogP) is 4.94. The van der Waals surface area contributed by atoms with Crippen LogP contribution in [0.15, 0.2) is 99.6 Å². The van der Waals surface area contributed by atoms with Crippen molar-refractivity contribution in [3.05, 3.63) is 107 Å². The summed E-state index contributed by atoms with van der Waals surface area (Å²) in [6, 6.07) is 22.1. The quantitative estimate of drug-likeness (QED) is 0.519. The number of fused-ring (bicyclic) bond motifs is 1. The lowest BCUT2D eigenvalue weighted by Crippen LogP contribution is -2.17. The Hall–Kier alpha value is -3.51. The van der Waals surface area contributed by atoms with Crippen LogP contribution in [0.2, 0.25) is 0 Å². The molecular formula is C25H25N5S. The van der Waals surface area contributed by atoms with Crippen LogP contribution in [0, 0.1) is 0 Å². The van der Waals surface area contributed by atoms with Crippen molar-refractivity contribution in [2.45, 2.75) is 24.8 Å². The van der Waals surface area contributed by atoms with Gasteiger partial charge in [0.05, 0.1) is 34.4 Å². The molecule has 31 heavy (non-hydrogen) atoms. The van der Waals surface area contributed by atoms with E-state index in [-0.39, 0.29) is 0 Å². The minimum atomic E-state index is 0.506. The molecule has 0 aliphatic carbocycles. The zero-order valence-electron chi connectivity index (χ0n) is 17.4. The number of thioether (sulfide) groups is 1. The summed E-state index contributed by atoms with van der Waals surface area (Å²) in [4.78, 5) is 10.3. The van der Waals surface area contributed by atoms with Gasteiger partial charge in [0.15, 0.2) is 0 Å². The average Bonchev–Trinajstić information content (AvgIpc) is 2.93. The van der Waals surface area contributed by atoms with Crippen LogP contribution in [0.4, 0.5) is 5.69 Å². The van der Waals surface area contributed by atoms with Gasteiger partial charge in [-0.15, -0.1) is 0 Å². The summed E-state index contributed by atoms with van der Waals surface area (Å²) in [6.07, 6.45) is 4.90. The number of hydrogen-bond donors (Lipinski definition) is 3. The minimum absolute atomic E-state index is 0.506. The second-order valence-corrected chi connectivity index (χ2v) is 8.17. The number of allylic oxidation sites excluding steroid dienone is 2. The Balaban J connectivity index is 1.70. The number of nitrogens with one attached hydrogen (secondary N) is 1. The van der Waals surface area contributed by atoms with Crippen molar-refractivity contribution < 1.29 is 0 Å². The fourth-order valence-electron chi connectivity index (χ4n) is 3.33. The molecule has 0 unspecified atom stereocenters. The largest absolute Gasteiger partial charge is 0.395 e. The van der Waals surface area contributed by atoms with Gasteiger partial charge in [-0.1, -0.05) is 67.2 Å². The summed E-state index contributed by atoms with van der Waals surface area (Å²) in [5.74, 6) is 0. The van der Waals surface area contributed by atoms with E-state index in [2.05, 4.69) is 41.5 Å². The van der Waals surface area contributed by atoms with Crippen LogP contribution in [-0.4, -0.2) is 10.7 Å². The maximum Gasteiger partial charge on any atom is 0.0965 e. The highest BCUT2D eigenvalue weighted by Crippen LogP contribution is 2.38. The van der Waals surface area contributed by atoms with Gasteiger partial charge in [-0.25, -0.2) is 4.99 Å². The molecule has 2 aromatic carbocycles. The first-order valence-corrected chi connectivity index (χ1v) is 11.0. The molecule has 156 valence electrons. The molecule has 2 heterocycles. The highest BCUT2D eigenvalue weighted by Gasteiger charge is 2.19. The highest BCUT2D eigenvalue weighted by molar-refractivity contribution is 8.03. The average molecular weight is 428 g/mol. The third-order valence-electron chi connectivity index (χ3n) is 4.88. The minimum Gasteiger partial charge on any atom is -0.395 e. The van der Waals surface area contributed by atoms with Crippen LogP contribution in [0.3, 0.4) is 0 Å². The number of nitrogens with zero attached hydrogens (tertiary/aromatic N) is 2. The van der Waals surface area contributed by atoms with E-state index in [1.807, 2.05) is 54.7 Å². The Kier molecular flexibility index (Phi) is 6.38. The second-order valence-electron chi connectivity index (χ2n) is 7.09. The Morgan fingerprint density at radius 2 is 1.84 bits per heavy atom. The van der Waals surface area contributed by atoms with E-state index in [9.17, 15) is 0 Å². The van der Waals surface area contributed by atoms with Crippen molar-refractivity contribution in [1.29, 1.82) is 0 Å². The molecule has 0 atom stereocenters. The van der Waals surface area contributed by atoms with E-state index in [1.165, 1.54) is 11.8 Å². The SMILES string of the molecule is CC/C=C(\NCc1ccccn1)c1ccc2c(c1)N=C(c1ccccc1)C(N)=C(N)S2. The third kappa shape index (κ3) is 4.81. The first-order chi connectivity index (χ1) is 15.2. The van der Waals surface area contributed by atoms with Crippen LogP contribution in [0.5, 0.6) is 0 Å². The monoisotopic (exact) mass is 427 g/mol. The number of aliphatic imine (C=N–C) groups is 1. The molecule has 5 N–H and O–H groups in total. The van der Waals surface area contributed by atoms with Crippen LogP contribution in [0.25, 0.3) is 5.70 Å².